The number of nitrogens with zero attached hydrogens (tertiary/aromatic N) is 2. The molecule has 0 spiro atoms. The molecule has 0 aliphatic rings. The molecule has 0 aliphatic heterocycles. The van der Waals surface area contributed by atoms with E-state index in [1.165, 1.54) is 19.1 Å². The maximum Gasteiger partial charge on any atom is 0.340 e. The van der Waals surface area contributed by atoms with Crippen LogP contribution in [0.4, 0.5) is 11.4 Å². The predicted molar refractivity (Wildman–Crippen MR) is 108 cm³/mol. The first kappa shape index (κ1) is 19.9. The largest absolute Gasteiger partial charge is 0.452 e. The Kier molecular flexibility index (Phi) is 5.54. The van der Waals surface area contributed by atoms with Gasteiger partial charge in [0.2, 0.25) is 0 Å². The molecule has 148 valence electrons. The number of nitro benzene ring substituents is 1. The standard InChI is InChI=1S/C21H19N3O5/c1-12-7-8-18-15(9-12)10-16(14(3)22-18)21(26)29-11-20(25)23-17-5-4-6-19(13(17)2)24(27)28/h4-10H,11H2,1-3H3,(H,23,25). The number of rotatable bonds is 5. The predicted octanol–water partition coefficient (Wildman–Crippen LogP) is 3.86. The topological polar surface area (TPSA) is 111 Å². The van der Waals surface area contributed by atoms with Crippen molar-refractivity contribution in [3.63, 3.8) is 0 Å². The fourth-order valence-corrected chi connectivity index (χ4v) is 2.95. The molecule has 0 aliphatic carbocycles. The molecule has 1 heterocycles. The van der Waals surface area contributed by atoms with E-state index in [1.54, 1.807) is 19.1 Å². The van der Waals surface area contributed by atoms with Crippen molar-refractivity contribution in [3.8, 4) is 0 Å². The average Bonchev–Trinajstić information content (AvgIpc) is 2.67. The normalized spacial score (nSPS) is 10.6. The second-order valence-electron chi connectivity index (χ2n) is 6.65. The monoisotopic (exact) mass is 393 g/mol. The lowest BCUT2D eigenvalue weighted by Crippen LogP contribution is -2.22. The molecule has 3 rings (SSSR count). The van der Waals surface area contributed by atoms with E-state index < -0.39 is 23.4 Å². The van der Waals surface area contributed by atoms with Gasteiger partial charge in [-0.3, -0.25) is 19.9 Å². The molecule has 0 saturated carbocycles. The molecule has 1 amide bonds. The van der Waals surface area contributed by atoms with E-state index in [-0.39, 0.29) is 11.3 Å². The van der Waals surface area contributed by atoms with Crippen molar-refractivity contribution < 1.29 is 19.2 Å². The number of hydrogen-bond acceptors (Lipinski definition) is 6. The van der Waals surface area contributed by atoms with Gasteiger partial charge >= 0.3 is 5.97 Å². The molecule has 1 N–H and O–H groups in total. The van der Waals surface area contributed by atoms with Crippen molar-refractivity contribution in [2.24, 2.45) is 0 Å². The highest BCUT2D eigenvalue weighted by molar-refractivity contribution is 5.98. The van der Waals surface area contributed by atoms with Gasteiger partial charge in [-0.05, 0) is 45.0 Å². The number of amides is 1. The van der Waals surface area contributed by atoms with E-state index in [0.29, 0.717) is 16.9 Å². The van der Waals surface area contributed by atoms with Crippen LogP contribution in [0.25, 0.3) is 10.9 Å². The second kappa shape index (κ2) is 8.05. The molecule has 0 fully saturated rings. The van der Waals surface area contributed by atoms with Crippen LogP contribution in [-0.4, -0.2) is 28.4 Å². The number of nitro groups is 1. The summed E-state index contributed by atoms with van der Waals surface area (Å²) in [5.74, 6) is -1.26. The molecular formula is C21H19N3O5. The van der Waals surface area contributed by atoms with Crippen molar-refractivity contribution in [1.82, 2.24) is 4.98 Å². The lowest BCUT2D eigenvalue weighted by Gasteiger charge is -2.10. The van der Waals surface area contributed by atoms with Crippen LogP contribution in [0.1, 0.15) is 27.2 Å². The zero-order chi connectivity index (χ0) is 21.1. The summed E-state index contributed by atoms with van der Waals surface area (Å²) in [6.45, 7) is 4.65. The second-order valence-corrected chi connectivity index (χ2v) is 6.65. The van der Waals surface area contributed by atoms with Crippen LogP contribution in [-0.2, 0) is 9.53 Å². The Morgan fingerprint density at radius 2 is 1.90 bits per heavy atom. The van der Waals surface area contributed by atoms with Gasteiger partial charge < -0.3 is 10.1 Å². The van der Waals surface area contributed by atoms with Crippen molar-refractivity contribution >= 4 is 34.2 Å². The lowest BCUT2D eigenvalue weighted by atomic mass is 10.1. The van der Waals surface area contributed by atoms with Gasteiger partial charge in [0.05, 0.1) is 32.9 Å². The molecule has 3 aromatic rings. The summed E-state index contributed by atoms with van der Waals surface area (Å²) in [6.07, 6.45) is 0. The smallest absolute Gasteiger partial charge is 0.340 e. The molecular weight excluding hydrogens is 374 g/mol. The summed E-state index contributed by atoms with van der Waals surface area (Å²) in [6, 6.07) is 11.8. The van der Waals surface area contributed by atoms with Crippen molar-refractivity contribution in [2.75, 3.05) is 11.9 Å². The van der Waals surface area contributed by atoms with E-state index >= 15 is 0 Å². The number of aryl methyl sites for hydroxylation is 2. The Morgan fingerprint density at radius 1 is 1.14 bits per heavy atom. The number of carbonyl (C=O) groups excluding carboxylic acids is 2. The number of aromatic nitrogens is 1. The number of esters is 1. The number of fused-ring (bicyclic) bond motifs is 1. The number of benzene rings is 2. The van der Waals surface area contributed by atoms with Crippen molar-refractivity contribution in [2.45, 2.75) is 20.8 Å². The van der Waals surface area contributed by atoms with Crippen LogP contribution in [0.15, 0.2) is 42.5 Å². The average molecular weight is 393 g/mol. The third kappa shape index (κ3) is 4.37. The van der Waals surface area contributed by atoms with Crippen LogP contribution >= 0.6 is 0 Å². The molecule has 0 radical (unpaired) electrons. The maximum absolute atomic E-state index is 12.4. The molecule has 8 nitrogen and oxygen atoms in total. The summed E-state index contributed by atoms with van der Waals surface area (Å²) in [4.78, 5) is 39.5. The fourth-order valence-electron chi connectivity index (χ4n) is 2.95. The van der Waals surface area contributed by atoms with Gasteiger partial charge in [0, 0.05) is 11.5 Å². The van der Waals surface area contributed by atoms with Crippen LogP contribution < -0.4 is 5.32 Å². The number of ether oxygens (including phenoxy) is 1. The minimum Gasteiger partial charge on any atom is -0.452 e. The zero-order valence-corrected chi connectivity index (χ0v) is 16.2. The van der Waals surface area contributed by atoms with E-state index in [1.807, 2.05) is 25.1 Å². The third-order valence-electron chi connectivity index (χ3n) is 4.49. The number of pyridine rings is 1. The van der Waals surface area contributed by atoms with Gasteiger partial charge in [-0.25, -0.2) is 4.79 Å². The number of nitrogens with one attached hydrogen (secondary N) is 1. The van der Waals surface area contributed by atoms with Crippen molar-refractivity contribution in [3.05, 3.63) is 75.0 Å². The minimum atomic E-state index is -0.663. The summed E-state index contributed by atoms with van der Waals surface area (Å²) >= 11 is 0. The van der Waals surface area contributed by atoms with Gasteiger partial charge in [-0.15, -0.1) is 0 Å². The van der Waals surface area contributed by atoms with Crippen LogP contribution in [0, 0.1) is 30.9 Å². The highest BCUT2D eigenvalue weighted by Crippen LogP contribution is 2.25. The molecule has 2 aromatic carbocycles. The molecule has 0 saturated heterocycles. The molecule has 0 bridgehead atoms. The Labute approximate surface area is 166 Å². The van der Waals surface area contributed by atoms with Crippen LogP contribution in [0.5, 0.6) is 0 Å². The quantitative estimate of drug-likeness (QED) is 0.400. The fraction of sp³-hybridized carbons (Fsp3) is 0.190. The Bertz CT molecular complexity index is 1140. The Morgan fingerprint density at radius 3 is 2.62 bits per heavy atom. The number of anilines is 1. The Balaban J connectivity index is 1.70. The van der Waals surface area contributed by atoms with E-state index in [4.69, 9.17) is 4.74 Å². The summed E-state index contributed by atoms with van der Waals surface area (Å²) in [5, 5.41) is 14.3. The van der Waals surface area contributed by atoms with E-state index in [2.05, 4.69) is 10.3 Å². The SMILES string of the molecule is Cc1ccc2nc(C)c(C(=O)OCC(=O)Nc3cccc([N+](=O)[O-])c3C)cc2c1. The van der Waals surface area contributed by atoms with Gasteiger partial charge in [0.1, 0.15) is 0 Å². The first-order chi connectivity index (χ1) is 13.8. The zero-order valence-electron chi connectivity index (χ0n) is 16.2. The molecule has 1 aromatic heterocycles. The summed E-state index contributed by atoms with van der Waals surface area (Å²) in [5.41, 5.74) is 3.09. The lowest BCUT2D eigenvalue weighted by molar-refractivity contribution is -0.385. The molecule has 29 heavy (non-hydrogen) atoms. The van der Waals surface area contributed by atoms with Crippen LogP contribution in [0.3, 0.4) is 0 Å². The molecule has 0 unspecified atom stereocenters. The first-order valence-corrected chi connectivity index (χ1v) is 8.85. The van der Waals surface area contributed by atoms with Gasteiger partial charge in [0.15, 0.2) is 6.61 Å². The van der Waals surface area contributed by atoms with Gasteiger partial charge in [-0.2, -0.15) is 0 Å². The summed E-state index contributed by atoms with van der Waals surface area (Å²) in [7, 11) is 0. The maximum atomic E-state index is 12.4. The highest BCUT2D eigenvalue weighted by Gasteiger charge is 2.17. The van der Waals surface area contributed by atoms with E-state index in [0.717, 1.165) is 16.5 Å². The molecule has 0 atom stereocenters. The van der Waals surface area contributed by atoms with E-state index in [9.17, 15) is 19.7 Å². The third-order valence-corrected chi connectivity index (χ3v) is 4.49. The molecule has 8 heteroatoms. The van der Waals surface area contributed by atoms with Crippen LogP contribution in [0.2, 0.25) is 0 Å². The minimum absolute atomic E-state index is 0.104. The number of carbonyl (C=O) groups is 2. The number of hydrogen-bond donors (Lipinski definition) is 1. The Hall–Kier alpha value is -3.81. The first-order valence-electron chi connectivity index (χ1n) is 8.85. The van der Waals surface area contributed by atoms with Gasteiger partial charge in [0.25, 0.3) is 11.6 Å². The van der Waals surface area contributed by atoms with Crippen molar-refractivity contribution in [1.29, 1.82) is 0 Å². The summed E-state index contributed by atoms with van der Waals surface area (Å²) < 4.78 is 5.11. The van der Waals surface area contributed by atoms with Gasteiger partial charge in [-0.1, -0.05) is 17.7 Å². The highest BCUT2D eigenvalue weighted by atomic mass is 16.6.